The second kappa shape index (κ2) is 5.23. The number of carbonyl (C=O) groups is 1. The molecule has 0 amide bonds. The van der Waals surface area contributed by atoms with Crippen molar-refractivity contribution in [2.45, 2.75) is 18.6 Å². The van der Waals surface area contributed by atoms with E-state index in [9.17, 15) is 14.9 Å². The number of methoxy groups -OCH3 is 2. The Morgan fingerprint density at radius 2 is 2.11 bits per heavy atom. The van der Waals surface area contributed by atoms with Crippen LogP contribution in [0, 0.1) is 10.1 Å². The maximum Gasteiger partial charge on any atom is 0.314 e. The molecule has 0 saturated heterocycles. The number of hydrogen-bond acceptors (Lipinski definition) is 6. The van der Waals surface area contributed by atoms with Crippen molar-refractivity contribution in [1.82, 2.24) is 0 Å². The fraction of sp³-hybridized carbons (Fsp3) is 0.417. The summed E-state index contributed by atoms with van der Waals surface area (Å²) in [5, 5.41) is 10.9. The van der Waals surface area contributed by atoms with Gasteiger partial charge in [-0.1, -0.05) is 0 Å². The number of nitrogens with zero attached hydrogens (tertiary/aromatic N) is 1. The lowest BCUT2D eigenvalue weighted by molar-refractivity contribution is -0.385. The fourth-order valence-corrected chi connectivity index (χ4v) is 1.92. The number of nitro benzene ring substituents is 1. The molecule has 19 heavy (non-hydrogen) atoms. The Bertz CT molecular complexity index is 515. The summed E-state index contributed by atoms with van der Waals surface area (Å²) in [5.41, 5.74) is -0.181. The van der Waals surface area contributed by atoms with Gasteiger partial charge in [-0.25, -0.2) is 0 Å². The van der Waals surface area contributed by atoms with Crippen LogP contribution in [0.3, 0.4) is 0 Å². The van der Waals surface area contributed by atoms with Crippen LogP contribution < -0.4 is 9.47 Å². The van der Waals surface area contributed by atoms with Crippen molar-refractivity contribution < 1.29 is 23.9 Å². The summed E-state index contributed by atoms with van der Waals surface area (Å²) in [5.74, 6) is 0.438. The van der Waals surface area contributed by atoms with E-state index in [1.807, 2.05) is 0 Å². The summed E-state index contributed by atoms with van der Waals surface area (Å²) >= 11 is 0. The van der Waals surface area contributed by atoms with Crippen LogP contribution in [0.2, 0.25) is 0 Å². The van der Waals surface area contributed by atoms with Gasteiger partial charge >= 0.3 is 5.69 Å². The number of ether oxygens (including phenoxy) is 3. The van der Waals surface area contributed by atoms with Crippen LogP contribution in [-0.2, 0) is 9.53 Å². The van der Waals surface area contributed by atoms with E-state index in [4.69, 9.17) is 14.2 Å². The van der Waals surface area contributed by atoms with Gasteiger partial charge < -0.3 is 14.2 Å². The third-order valence-electron chi connectivity index (χ3n) is 2.95. The molecule has 1 aromatic rings. The third kappa shape index (κ3) is 2.50. The maximum atomic E-state index is 11.2. The highest BCUT2D eigenvalue weighted by molar-refractivity contribution is 5.90. The normalized spacial score (nSPS) is 21.7. The molecule has 1 fully saturated rings. The van der Waals surface area contributed by atoms with Crippen LogP contribution in [0.25, 0.3) is 0 Å². The lowest BCUT2D eigenvalue weighted by Gasteiger charge is -2.33. The Hall–Kier alpha value is -2.15. The largest absolute Gasteiger partial charge is 0.490 e. The molecule has 1 saturated carbocycles. The molecule has 2 rings (SSSR count). The minimum atomic E-state index is -0.596. The molecular formula is C12H13NO6. The van der Waals surface area contributed by atoms with Crippen molar-refractivity contribution in [3.63, 3.8) is 0 Å². The van der Waals surface area contributed by atoms with Gasteiger partial charge in [0.05, 0.1) is 18.1 Å². The average molecular weight is 267 g/mol. The molecule has 0 aliphatic heterocycles. The molecule has 0 spiro atoms. The first-order valence-corrected chi connectivity index (χ1v) is 5.61. The van der Waals surface area contributed by atoms with Crippen LogP contribution in [0.5, 0.6) is 11.5 Å². The molecule has 0 heterocycles. The summed E-state index contributed by atoms with van der Waals surface area (Å²) in [4.78, 5) is 21.5. The highest BCUT2D eigenvalue weighted by Gasteiger charge is 2.42. The lowest BCUT2D eigenvalue weighted by Crippen LogP contribution is -2.51. The number of rotatable bonds is 5. The predicted molar refractivity (Wildman–Crippen MR) is 64.5 cm³/mol. The van der Waals surface area contributed by atoms with E-state index in [0.717, 1.165) is 0 Å². The van der Waals surface area contributed by atoms with Gasteiger partial charge in [0.1, 0.15) is 11.9 Å². The highest BCUT2D eigenvalue weighted by Crippen LogP contribution is 2.33. The lowest BCUT2D eigenvalue weighted by atomic mass is 9.90. The van der Waals surface area contributed by atoms with Crippen LogP contribution in [0.15, 0.2) is 18.2 Å². The summed E-state index contributed by atoms with van der Waals surface area (Å²) in [7, 11) is 2.78. The number of hydrogen-bond donors (Lipinski definition) is 0. The number of Topliss-reactive ketones (excluding diaryl/α,β-unsaturated/α-hetero) is 1. The van der Waals surface area contributed by atoms with E-state index in [2.05, 4.69) is 0 Å². The van der Waals surface area contributed by atoms with Gasteiger partial charge in [0, 0.05) is 13.5 Å². The number of carbonyl (C=O) groups excluding carboxylic acids is 1. The molecule has 0 aromatic heterocycles. The van der Waals surface area contributed by atoms with Gasteiger partial charge in [0.15, 0.2) is 17.6 Å². The first-order chi connectivity index (χ1) is 9.06. The Kier molecular flexibility index (Phi) is 3.66. The topological polar surface area (TPSA) is 87.9 Å². The second-order valence-corrected chi connectivity index (χ2v) is 4.07. The molecule has 1 aliphatic rings. The van der Waals surface area contributed by atoms with Gasteiger partial charge in [0.25, 0.3) is 0 Å². The van der Waals surface area contributed by atoms with Gasteiger partial charge in [-0.15, -0.1) is 0 Å². The van der Waals surface area contributed by atoms with Gasteiger partial charge in [-0.05, 0) is 12.1 Å². The Morgan fingerprint density at radius 3 is 2.63 bits per heavy atom. The minimum Gasteiger partial charge on any atom is -0.490 e. The van der Waals surface area contributed by atoms with Gasteiger partial charge in [-0.2, -0.15) is 0 Å². The van der Waals surface area contributed by atoms with E-state index >= 15 is 0 Å². The number of benzene rings is 1. The Labute approximate surface area is 109 Å². The van der Waals surface area contributed by atoms with Crippen molar-refractivity contribution >= 4 is 11.5 Å². The quantitative estimate of drug-likeness (QED) is 0.591. The zero-order chi connectivity index (χ0) is 14.0. The highest BCUT2D eigenvalue weighted by atomic mass is 16.6. The van der Waals surface area contributed by atoms with E-state index in [1.54, 1.807) is 6.07 Å². The van der Waals surface area contributed by atoms with E-state index in [-0.39, 0.29) is 23.6 Å². The molecule has 2 unspecified atom stereocenters. The standard InChI is InChI=1S/C12H13NO6/c1-17-10-4-3-7(5-8(10)13(15)16)19-11-6-9(14)12(11)18-2/h3-5,11-12H,6H2,1-2H3. The molecule has 2 atom stereocenters. The van der Waals surface area contributed by atoms with Gasteiger partial charge in [-0.3, -0.25) is 14.9 Å². The number of nitro groups is 1. The number of ketones is 1. The molecule has 0 bridgehead atoms. The maximum absolute atomic E-state index is 11.2. The fourth-order valence-electron chi connectivity index (χ4n) is 1.92. The van der Waals surface area contributed by atoms with Crippen molar-refractivity contribution in [3.8, 4) is 11.5 Å². The molecule has 7 nitrogen and oxygen atoms in total. The van der Waals surface area contributed by atoms with Crippen LogP contribution in [0.4, 0.5) is 5.69 Å². The minimum absolute atomic E-state index is 0.0319. The zero-order valence-corrected chi connectivity index (χ0v) is 10.5. The van der Waals surface area contributed by atoms with Gasteiger partial charge in [0.2, 0.25) is 0 Å². The van der Waals surface area contributed by atoms with E-state index in [0.29, 0.717) is 5.75 Å². The third-order valence-corrected chi connectivity index (χ3v) is 2.95. The van der Waals surface area contributed by atoms with Crippen LogP contribution >= 0.6 is 0 Å². The van der Waals surface area contributed by atoms with Crippen molar-refractivity contribution in [2.75, 3.05) is 14.2 Å². The SMILES string of the molecule is COc1ccc(OC2CC(=O)C2OC)cc1[N+](=O)[O-]. The first-order valence-electron chi connectivity index (χ1n) is 5.61. The van der Waals surface area contributed by atoms with E-state index in [1.165, 1.54) is 26.4 Å². The molecule has 7 heteroatoms. The molecule has 102 valence electrons. The Morgan fingerprint density at radius 1 is 1.37 bits per heavy atom. The predicted octanol–water partition coefficient (Wildman–Crippen LogP) is 1.34. The average Bonchev–Trinajstić information content (AvgIpc) is 2.38. The summed E-state index contributed by atoms with van der Waals surface area (Å²) in [6.45, 7) is 0. The first kappa shape index (κ1) is 13.3. The molecule has 1 aromatic carbocycles. The summed E-state index contributed by atoms with van der Waals surface area (Å²) in [6, 6.07) is 4.28. The Balaban J connectivity index is 2.16. The zero-order valence-electron chi connectivity index (χ0n) is 10.5. The molecule has 1 aliphatic carbocycles. The van der Waals surface area contributed by atoms with Crippen molar-refractivity contribution in [1.29, 1.82) is 0 Å². The van der Waals surface area contributed by atoms with Crippen molar-refractivity contribution in [2.24, 2.45) is 0 Å². The van der Waals surface area contributed by atoms with E-state index < -0.39 is 17.1 Å². The van der Waals surface area contributed by atoms with Crippen molar-refractivity contribution in [3.05, 3.63) is 28.3 Å². The molecular weight excluding hydrogens is 254 g/mol. The molecule has 0 N–H and O–H groups in total. The second-order valence-electron chi connectivity index (χ2n) is 4.07. The van der Waals surface area contributed by atoms with Crippen LogP contribution in [0.1, 0.15) is 6.42 Å². The van der Waals surface area contributed by atoms with Crippen LogP contribution in [-0.4, -0.2) is 37.1 Å². The summed E-state index contributed by atoms with van der Waals surface area (Å²) in [6.07, 6.45) is -0.745. The summed E-state index contributed by atoms with van der Waals surface area (Å²) < 4.78 is 15.4. The monoisotopic (exact) mass is 267 g/mol. The molecule has 0 radical (unpaired) electrons. The smallest absolute Gasteiger partial charge is 0.314 e.